The topological polar surface area (TPSA) is 32.3 Å². The van der Waals surface area contributed by atoms with E-state index in [0.29, 0.717) is 12.6 Å². The van der Waals surface area contributed by atoms with E-state index >= 15 is 0 Å². The van der Waals surface area contributed by atoms with Crippen LogP contribution in [0.25, 0.3) is 0 Å². The second kappa shape index (κ2) is 7.60. The lowest BCUT2D eigenvalue weighted by Gasteiger charge is -2.33. The van der Waals surface area contributed by atoms with Crippen LogP contribution in [0.3, 0.4) is 0 Å². The maximum atomic E-state index is 12.3. The standard InChI is InChI=1S/C18H28N2O/c1-4-20(16-10-6-5-7-11-16)13-18(21)19-17-12-8-9-14(2)15(17)3/h8-9,12,16H,4-7,10-11,13H2,1-3H3,(H,19,21). The highest BCUT2D eigenvalue weighted by Gasteiger charge is 2.21. The zero-order chi connectivity index (χ0) is 15.2. The smallest absolute Gasteiger partial charge is 0.238 e. The van der Waals surface area contributed by atoms with Crippen molar-refractivity contribution in [1.29, 1.82) is 0 Å². The van der Waals surface area contributed by atoms with E-state index in [0.717, 1.165) is 17.8 Å². The molecule has 21 heavy (non-hydrogen) atoms. The fraction of sp³-hybridized carbons (Fsp3) is 0.611. The molecule has 2 rings (SSSR count). The first-order valence-corrected chi connectivity index (χ1v) is 8.22. The van der Waals surface area contributed by atoms with Crippen LogP contribution < -0.4 is 5.32 Å². The van der Waals surface area contributed by atoms with Crippen molar-refractivity contribution in [3.63, 3.8) is 0 Å². The molecule has 0 atom stereocenters. The van der Waals surface area contributed by atoms with Crippen molar-refractivity contribution in [2.75, 3.05) is 18.4 Å². The van der Waals surface area contributed by atoms with E-state index < -0.39 is 0 Å². The number of aryl methyl sites for hydroxylation is 1. The molecule has 116 valence electrons. The number of hydrogen-bond donors (Lipinski definition) is 1. The molecular formula is C18H28N2O. The number of carbonyl (C=O) groups is 1. The lowest BCUT2D eigenvalue weighted by Crippen LogP contribution is -2.41. The van der Waals surface area contributed by atoms with Crippen molar-refractivity contribution in [3.8, 4) is 0 Å². The number of nitrogens with one attached hydrogen (secondary N) is 1. The van der Waals surface area contributed by atoms with Gasteiger partial charge in [-0.3, -0.25) is 9.69 Å². The molecule has 1 aliphatic rings. The Bertz CT molecular complexity index is 478. The van der Waals surface area contributed by atoms with Crippen LogP contribution in [0.5, 0.6) is 0 Å². The van der Waals surface area contributed by atoms with E-state index in [1.165, 1.54) is 37.7 Å². The average molecular weight is 288 g/mol. The molecule has 0 spiro atoms. The number of hydrogen-bond acceptors (Lipinski definition) is 2. The van der Waals surface area contributed by atoms with Crippen LogP contribution in [-0.2, 0) is 4.79 Å². The number of nitrogens with zero attached hydrogens (tertiary/aromatic N) is 1. The highest BCUT2D eigenvalue weighted by Crippen LogP contribution is 2.23. The van der Waals surface area contributed by atoms with E-state index in [4.69, 9.17) is 0 Å². The largest absolute Gasteiger partial charge is 0.325 e. The highest BCUT2D eigenvalue weighted by molar-refractivity contribution is 5.93. The average Bonchev–Trinajstić information content (AvgIpc) is 2.50. The van der Waals surface area contributed by atoms with E-state index in [9.17, 15) is 4.79 Å². The molecule has 0 unspecified atom stereocenters. The number of rotatable bonds is 5. The van der Waals surface area contributed by atoms with Gasteiger partial charge in [-0.15, -0.1) is 0 Å². The van der Waals surface area contributed by atoms with E-state index in [-0.39, 0.29) is 5.91 Å². The van der Waals surface area contributed by atoms with Crippen molar-refractivity contribution in [2.24, 2.45) is 0 Å². The van der Waals surface area contributed by atoms with Gasteiger partial charge in [-0.2, -0.15) is 0 Å². The number of anilines is 1. The molecule has 0 aliphatic heterocycles. The normalized spacial score (nSPS) is 16.2. The second-order valence-corrected chi connectivity index (χ2v) is 6.15. The summed E-state index contributed by atoms with van der Waals surface area (Å²) < 4.78 is 0. The molecular weight excluding hydrogens is 260 g/mol. The first-order valence-electron chi connectivity index (χ1n) is 8.22. The quantitative estimate of drug-likeness (QED) is 0.891. The number of benzene rings is 1. The molecule has 1 N–H and O–H groups in total. The summed E-state index contributed by atoms with van der Waals surface area (Å²) in [7, 11) is 0. The third-order valence-electron chi connectivity index (χ3n) is 4.72. The second-order valence-electron chi connectivity index (χ2n) is 6.15. The van der Waals surface area contributed by atoms with E-state index in [1.54, 1.807) is 0 Å². The van der Waals surface area contributed by atoms with Crippen LogP contribution in [0.1, 0.15) is 50.2 Å². The van der Waals surface area contributed by atoms with Gasteiger partial charge in [0, 0.05) is 11.7 Å². The first kappa shape index (κ1) is 16.0. The third kappa shape index (κ3) is 4.31. The summed E-state index contributed by atoms with van der Waals surface area (Å²) in [6.45, 7) is 7.74. The van der Waals surface area contributed by atoms with Crippen molar-refractivity contribution >= 4 is 11.6 Å². The molecule has 3 nitrogen and oxygen atoms in total. The van der Waals surface area contributed by atoms with Crippen molar-refractivity contribution in [3.05, 3.63) is 29.3 Å². The van der Waals surface area contributed by atoms with Gasteiger partial charge in [0.1, 0.15) is 0 Å². The Hall–Kier alpha value is -1.35. The monoisotopic (exact) mass is 288 g/mol. The molecule has 3 heteroatoms. The fourth-order valence-electron chi connectivity index (χ4n) is 3.21. The van der Waals surface area contributed by atoms with Gasteiger partial charge in [0.2, 0.25) is 5.91 Å². The molecule has 1 aromatic rings. The van der Waals surface area contributed by atoms with Gasteiger partial charge in [-0.05, 0) is 50.4 Å². The van der Waals surface area contributed by atoms with Crippen molar-refractivity contribution in [1.82, 2.24) is 4.90 Å². The SMILES string of the molecule is CCN(CC(=O)Nc1cccc(C)c1C)C1CCCCC1. The lowest BCUT2D eigenvalue weighted by molar-refractivity contribution is -0.118. The zero-order valence-corrected chi connectivity index (χ0v) is 13.6. The Balaban J connectivity index is 1.94. The minimum atomic E-state index is 0.108. The van der Waals surface area contributed by atoms with Crippen LogP contribution >= 0.6 is 0 Å². The summed E-state index contributed by atoms with van der Waals surface area (Å²) in [6.07, 6.45) is 6.44. The Labute approximate surface area is 128 Å². The molecule has 0 heterocycles. The molecule has 1 saturated carbocycles. The summed E-state index contributed by atoms with van der Waals surface area (Å²) >= 11 is 0. The maximum Gasteiger partial charge on any atom is 0.238 e. The number of likely N-dealkylation sites (N-methyl/N-ethyl adjacent to an activating group) is 1. The predicted molar refractivity (Wildman–Crippen MR) is 88.7 cm³/mol. The van der Waals surface area contributed by atoms with Crippen molar-refractivity contribution in [2.45, 2.75) is 58.9 Å². The number of amides is 1. The molecule has 1 aromatic carbocycles. The molecule has 1 amide bonds. The summed E-state index contributed by atoms with van der Waals surface area (Å²) in [5, 5.41) is 3.07. The van der Waals surface area contributed by atoms with E-state index in [1.807, 2.05) is 12.1 Å². The van der Waals surface area contributed by atoms with Crippen LogP contribution in [0.4, 0.5) is 5.69 Å². The molecule has 0 bridgehead atoms. The van der Waals surface area contributed by atoms with Gasteiger partial charge in [-0.1, -0.05) is 38.3 Å². The van der Waals surface area contributed by atoms with Gasteiger partial charge in [-0.25, -0.2) is 0 Å². The van der Waals surface area contributed by atoms with Crippen molar-refractivity contribution < 1.29 is 4.79 Å². The Morgan fingerprint density at radius 2 is 1.95 bits per heavy atom. The minimum Gasteiger partial charge on any atom is -0.325 e. The zero-order valence-electron chi connectivity index (χ0n) is 13.6. The van der Waals surface area contributed by atoms with Crippen LogP contribution in [0.2, 0.25) is 0 Å². The Morgan fingerprint density at radius 1 is 1.24 bits per heavy atom. The molecule has 0 radical (unpaired) electrons. The van der Waals surface area contributed by atoms with Gasteiger partial charge in [0.05, 0.1) is 6.54 Å². The van der Waals surface area contributed by atoms with Crippen LogP contribution in [0, 0.1) is 13.8 Å². The Kier molecular flexibility index (Phi) is 5.80. The maximum absolute atomic E-state index is 12.3. The summed E-state index contributed by atoms with van der Waals surface area (Å²) in [5.74, 6) is 0.108. The van der Waals surface area contributed by atoms with Crippen LogP contribution in [0.15, 0.2) is 18.2 Å². The van der Waals surface area contributed by atoms with Gasteiger partial charge in [0.15, 0.2) is 0 Å². The first-order chi connectivity index (χ1) is 10.1. The predicted octanol–water partition coefficient (Wildman–Crippen LogP) is 3.90. The minimum absolute atomic E-state index is 0.108. The molecule has 0 saturated heterocycles. The fourth-order valence-corrected chi connectivity index (χ4v) is 3.21. The third-order valence-corrected chi connectivity index (χ3v) is 4.72. The summed E-state index contributed by atoms with van der Waals surface area (Å²) in [4.78, 5) is 14.7. The molecule has 1 aliphatic carbocycles. The van der Waals surface area contributed by atoms with Gasteiger partial charge in [0.25, 0.3) is 0 Å². The summed E-state index contributed by atoms with van der Waals surface area (Å²) in [5.41, 5.74) is 3.32. The van der Waals surface area contributed by atoms with Crippen LogP contribution in [-0.4, -0.2) is 29.9 Å². The molecule has 1 fully saturated rings. The van der Waals surface area contributed by atoms with Gasteiger partial charge < -0.3 is 5.32 Å². The number of carbonyl (C=O) groups excluding carboxylic acids is 1. The van der Waals surface area contributed by atoms with Gasteiger partial charge >= 0.3 is 0 Å². The Morgan fingerprint density at radius 3 is 2.62 bits per heavy atom. The summed E-state index contributed by atoms with van der Waals surface area (Å²) in [6, 6.07) is 6.65. The lowest BCUT2D eigenvalue weighted by atomic mass is 9.94. The molecule has 0 aromatic heterocycles. The highest BCUT2D eigenvalue weighted by atomic mass is 16.2. The van der Waals surface area contributed by atoms with E-state index in [2.05, 4.69) is 37.1 Å².